The summed E-state index contributed by atoms with van der Waals surface area (Å²) in [6.45, 7) is 92.4. The molecule has 0 fully saturated rings. The molecule has 10 aromatic rings. The van der Waals surface area contributed by atoms with Crippen LogP contribution in [0.1, 0.15) is 334 Å². The van der Waals surface area contributed by atoms with Crippen molar-refractivity contribution < 1.29 is 13.2 Å². The zero-order chi connectivity index (χ0) is 99.8. The van der Waals surface area contributed by atoms with E-state index < -0.39 is 0 Å². The highest BCUT2D eigenvalue weighted by molar-refractivity contribution is 5.65. The lowest BCUT2D eigenvalue weighted by atomic mass is 9.88. The molecule has 0 aliphatic heterocycles. The second kappa shape index (κ2) is 51.0. The van der Waals surface area contributed by atoms with Crippen LogP contribution in [0.4, 0.5) is 24.5 Å². The zero-order valence-electron chi connectivity index (χ0n) is 89.7. The second-order valence-corrected chi connectivity index (χ2v) is 48.5. The van der Waals surface area contributed by atoms with Gasteiger partial charge in [-0.05, 0) is 278 Å². The van der Waals surface area contributed by atoms with E-state index in [2.05, 4.69) is 500 Å². The van der Waals surface area contributed by atoms with Crippen molar-refractivity contribution in [3.05, 3.63) is 229 Å². The molecule has 4 atom stereocenters. The Kier molecular flexibility index (Phi) is 46.1. The van der Waals surface area contributed by atoms with E-state index in [0.717, 1.165) is 39.0 Å². The first kappa shape index (κ1) is 117. The van der Waals surface area contributed by atoms with Crippen molar-refractivity contribution in [1.29, 1.82) is 0 Å². The summed E-state index contributed by atoms with van der Waals surface area (Å²) in [4.78, 5) is 0. The van der Waals surface area contributed by atoms with Crippen molar-refractivity contribution in [1.82, 2.24) is 60.4 Å². The lowest BCUT2D eigenvalue weighted by Crippen LogP contribution is -2.37. The van der Waals surface area contributed by atoms with Gasteiger partial charge in [-0.15, -0.1) is 0 Å². The Bertz CT molecular complexity index is 4150. The van der Waals surface area contributed by atoms with E-state index in [1.807, 2.05) is 43.5 Å². The minimum absolute atomic E-state index is 0.117. The van der Waals surface area contributed by atoms with Crippen molar-refractivity contribution in [2.75, 3.05) is 32.2 Å². The predicted molar refractivity (Wildman–Crippen MR) is 561 cm³/mol. The maximum Gasteiger partial charge on any atom is 0.0785 e. The summed E-state index contributed by atoms with van der Waals surface area (Å²) in [7, 11) is 1.50. The van der Waals surface area contributed by atoms with Crippen molar-refractivity contribution in [3.8, 4) is 44.5 Å². The van der Waals surface area contributed by atoms with Crippen molar-refractivity contribution in [3.63, 3.8) is 0 Å². The van der Waals surface area contributed by atoms with Gasteiger partial charge >= 0.3 is 0 Å². The molecule has 0 aliphatic carbocycles. The number of benzene rings is 6. The van der Waals surface area contributed by atoms with Gasteiger partial charge in [0.2, 0.25) is 0 Å². The van der Waals surface area contributed by atoms with Crippen LogP contribution in [0, 0.1) is 32.5 Å². The van der Waals surface area contributed by atoms with Crippen LogP contribution in [0.2, 0.25) is 0 Å². The summed E-state index contributed by atoms with van der Waals surface area (Å²) >= 11 is 0. The fraction of sp³-hybridized carbons (Fsp3) is 0.575. The van der Waals surface area contributed by atoms with Crippen molar-refractivity contribution in [2.45, 2.75) is 373 Å². The molecule has 0 aliphatic rings. The van der Waals surface area contributed by atoms with Crippen LogP contribution in [0.5, 0.6) is 0 Å². The van der Waals surface area contributed by atoms with Crippen LogP contribution in [-0.2, 0) is 39.0 Å². The molecule has 0 spiro atoms. The van der Waals surface area contributed by atoms with Gasteiger partial charge in [-0.25, -0.2) is 0 Å². The van der Waals surface area contributed by atoms with E-state index >= 15 is 0 Å². The molecule has 130 heavy (non-hydrogen) atoms. The number of aromatic nitrogens is 8. The normalized spacial score (nSPS) is 13.2. The van der Waals surface area contributed by atoms with Gasteiger partial charge in [-0.3, -0.25) is 31.9 Å². The number of hydrogen-bond donors (Lipinski definition) is 6. The molecular weight excluding hydrogens is 1610 g/mol. The summed E-state index contributed by atoms with van der Waals surface area (Å²) in [6, 6.07) is 54.0. The number of hydrogen-bond acceptors (Lipinski definition) is 10. The summed E-state index contributed by atoms with van der Waals surface area (Å²) in [5.41, 5.74) is 22.4. The highest BCUT2D eigenvalue weighted by atomic mass is 19.1. The van der Waals surface area contributed by atoms with Crippen LogP contribution in [0.15, 0.2) is 195 Å². The molecule has 10 rings (SSSR count). The van der Waals surface area contributed by atoms with Crippen LogP contribution in [0.25, 0.3) is 44.5 Å². The summed E-state index contributed by atoms with van der Waals surface area (Å²) in [5, 5.41) is 39.4. The Balaban J connectivity index is 0.000000525. The Morgan fingerprint density at radius 2 is 0.423 bits per heavy atom. The average Bonchev–Trinajstić information content (AvgIpc) is 1.69. The van der Waals surface area contributed by atoms with E-state index in [0.29, 0.717) is 56.5 Å². The molecule has 4 aromatic heterocycles. The molecule has 4 unspecified atom stereocenters. The molecule has 0 radical (unpaired) electrons. The van der Waals surface area contributed by atoms with Gasteiger partial charge < -0.3 is 31.9 Å². The summed E-state index contributed by atoms with van der Waals surface area (Å²) < 4.78 is 36.6. The van der Waals surface area contributed by atoms with Gasteiger partial charge in [0.15, 0.2) is 0 Å². The molecule has 0 amide bonds. The molecule has 14 nitrogen and oxygen atoms in total. The predicted octanol–water partition coefficient (Wildman–Crippen LogP) is 30.9. The molecule has 6 aromatic carbocycles. The molecular formula is C113H183F3N14. The van der Waals surface area contributed by atoms with Gasteiger partial charge in [0.25, 0.3) is 0 Å². The first-order chi connectivity index (χ1) is 59.4. The number of alkyl halides is 3. The Morgan fingerprint density at radius 3 is 0.577 bits per heavy atom. The van der Waals surface area contributed by atoms with Crippen LogP contribution >= 0.6 is 0 Å². The Labute approximate surface area is 791 Å². The highest BCUT2D eigenvalue weighted by Gasteiger charge is 2.24. The van der Waals surface area contributed by atoms with Gasteiger partial charge in [0, 0.05) is 142 Å². The Hall–Kier alpha value is -8.61. The molecule has 0 saturated carbocycles. The molecule has 4 heterocycles. The molecule has 0 saturated heterocycles. The maximum absolute atomic E-state index is 9.50. The summed E-state index contributed by atoms with van der Waals surface area (Å²) in [6.07, 6.45) is 18.6. The molecule has 17 heteroatoms. The van der Waals surface area contributed by atoms with E-state index in [1.165, 1.54) is 89.3 Å². The number of anilines is 2. The second-order valence-electron chi connectivity index (χ2n) is 48.5. The lowest BCUT2D eigenvalue weighted by molar-refractivity contribution is 0.325. The van der Waals surface area contributed by atoms with Gasteiger partial charge in [-0.2, -0.15) is 20.4 Å². The number of nitrogens with zero attached hydrogens (tertiary/aromatic N) is 8. The lowest BCUT2D eigenvalue weighted by Gasteiger charge is -2.26. The smallest absolute Gasteiger partial charge is 0.0785 e. The maximum atomic E-state index is 9.50. The third-order valence-electron chi connectivity index (χ3n) is 19.0. The van der Waals surface area contributed by atoms with Crippen LogP contribution in [-0.4, -0.2) is 93.9 Å². The number of nitrogens with one attached hydrogen (secondary N) is 6. The van der Waals surface area contributed by atoms with Gasteiger partial charge in [-0.1, -0.05) is 246 Å². The molecule has 0 bridgehead atoms. The average molecular weight is 1790 g/mol. The number of halogens is 3. The van der Waals surface area contributed by atoms with Gasteiger partial charge in [0.05, 0.1) is 46.3 Å². The largest absolute Gasteiger partial charge is 0.380 e. The monoisotopic (exact) mass is 1790 g/mol. The highest BCUT2D eigenvalue weighted by Crippen LogP contribution is 2.32. The standard InChI is InChI=1S/4C20H31N3.2C15H25N.3CH3F/c4*1-15(22-20(5,6)7)16-8-10-17(11-9-16)18-12-21-23(13-18)14-19(2,3)4;2*1-14(2,3)11-12-8-7-9-13(10-12)16-15(4,5)6;3*1-2/h4*8-13,15,22H,14H2,1-7H3;2*7-10,16H,11H2,1-6H3;3*1H3. The van der Waals surface area contributed by atoms with E-state index in [1.54, 1.807) is 0 Å². The van der Waals surface area contributed by atoms with Crippen molar-refractivity contribution in [2.24, 2.45) is 32.5 Å². The van der Waals surface area contributed by atoms with Crippen LogP contribution < -0.4 is 31.9 Å². The fourth-order valence-electron chi connectivity index (χ4n) is 14.7. The van der Waals surface area contributed by atoms with Crippen LogP contribution in [0.3, 0.4) is 0 Å². The fourth-order valence-corrected chi connectivity index (χ4v) is 14.7. The number of rotatable bonds is 20. The first-order valence-electron chi connectivity index (χ1n) is 46.9. The molecule has 6 N–H and O–H groups in total. The van der Waals surface area contributed by atoms with E-state index in [4.69, 9.17) is 0 Å². The minimum atomic E-state index is 0.117. The Morgan fingerprint density at radius 1 is 0.238 bits per heavy atom. The topological polar surface area (TPSA) is 143 Å². The zero-order valence-corrected chi connectivity index (χ0v) is 89.7. The van der Waals surface area contributed by atoms with Crippen molar-refractivity contribution >= 4 is 11.4 Å². The SMILES string of the molecule is CC(C)(C)Cc1cccc(NC(C)(C)C)c1.CC(C)(C)Cc1cccc(NC(C)(C)C)c1.CC(NC(C)(C)C)c1ccc(-c2cnn(CC(C)(C)C)c2)cc1.CC(NC(C)(C)C)c1ccc(-c2cnn(CC(C)(C)C)c2)cc1.CC(NC(C)(C)C)c1ccc(-c2cnn(CC(C)(C)C)c2)cc1.CC(NC(C)(C)C)c1ccc(-c2cnn(CC(C)(C)C)c2)cc1.CF.CF.CF. The minimum Gasteiger partial charge on any atom is -0.380 e. The summed E-state index contributed by atoms with van der Waals surface area (Å²) in [5.74, 6) is 0. The first-order valence-corrected chi connectivity index (χ1v) is 46.9. The quantitative estimate of drug-likeness (QED) is 0.0437. The molecule has 726 valence electrons. The van der Waals surface area contributed by atoms with E-state index in [-0.39, 0.29) is 54.9 Å². The third kappa shape index (κ3) is 52.0. The third-order valence-corrected chi connectivity index (χ3v) is 19.0. The van der Waals surface area contributed by atoms with Gasteiger partial charge in [0.1, 0.15) is 0 Å². The van der Waals surface area contributed by atoms with E-state index in [9.17, 15) is 13.2 Å².